The number of hydrogen-bond donors (Lipinski definition) is 1. The molecule has 2 aliphatic heterocycles. The van der Waals surface area contributed by atoms with Gasteiger partial charge >= 0.3 is 6.03 Å². The van der Waals surface area contributed by atoms with Crippen molar-refractivity contribution in [3.8, 4) is 0 Å². The summed E-state index contributed by atoms with van der Waals surface area (Å²) < 4.78 is 0. The number of carbonyl (C=O) groups is 1. The summed E-state index contributed by atoms with van der Waals surface area (Å²) >= 11 is 0. The zero-order valence-electron chi connectivity index (χ0n) is 13.4. The second-order valence-electron chi connectivity index (χ2n) is 6.43. The Hall–Kier alpha value is -1.62. The van der Waals surface area contributed by atoms with E-state index in [9.17, 15) is 4.79 Å². The Kier molecular flexibility index (Phi) is 4.93. The van der Waals surface area contributed by atoms with Crippen molar-refractivity contribution in [1.82, 2.24) is 14.8 Å². The highest BCUT2D eigenvalue weighted by atomic mass is 16.2. The number of urea groups is 1. The molecule has 0 bridgehead atoms. The minimum absolute atomic E-state index is 0.0164. The van der Waals surface area contributed by atoms with Gasteiger partial charge in [-0.1, -0.05) is 6.42 Å². The molecule has 0 saturated carbocycles. The summed E-state index contributed by atoms with van der Waals surface area (Å²) in [5.74, 6) is 0. The van der Waals surface area contributed by atoms with Crippen molar-refractivity contribution in [2.75, 3.05) is 31.5 Å². The molecule has 120 valence electrons. The topological polar surface area (TPSA) is 48.5 Å². The Bertz CT molecular complexity index is 505. The van der Waals surface area contributed by atoms with Crippen LogP contribution >= 0.6 is 0 Å². The van der Waals surface area contributed by atoms with Crippen molar-refractivity contribution in [2.24, 2.45) is 0 Å². The second-order valence-corrected chi connectivity index (χ2v) is 6.43. The number of carbonyl (C=O) groups excluding carboxylic acids is 1. The smallest absolute Gasteiger partial charge is 0.321 e. The molecule has 1 aromatic heterocycles. The number of nitrogens with one attached hydrogen (secondary N) is 1. The fourth-order valence-corrected chi connectivity index (χ4v) is 3.54. The molecule has 3 heterocycles. The van der Waals surface area contributed by atoms with Gasteiger partial charge in [-0.05, 0) is 57.8 Å². The first-order chi connectivity index (χ1) is 10.7. The summed E-state index contributed by atoms with van der Waals surface area (Å²) in [7, 11) is 0. The van der Waals surface area contributed by atoms with E-state index in [2.05, 4.69) is 15.2 Å². The van der Waals surface area contributed by atoms with E-state index in [-0.39, 0.29) is 6.03 Å². The third kappa shape index (κ3) is 3.77. The molecular formula is C17H26N4O. The van der Waals surface area contributed by atoms with Crippen molar-refractivity contribution < 1.29 is 4.79 Å². The molecule has 5 heteroatoms. The Labute approximate surface area is 132 Å². The number of aromatic nitrogens is 1. The van der Waals surface area contributed by atoms with E-state index in [1.54, 1.807) is 6.20 Å². The summed E-state index contributed by atoms with van der Waals surface area (Å²) in [4.78, 5) is 21.1. The van der Waals surface area contributed by atoms with Crippen LogP contribution in [0.15, 0.2) is 18.3 Å². The number of hydrogen-bond acceptors (Lipinski definition) is 3. The molecule has 22 heavy (non-hydrogen) atoms. The van der Waals surface area contributed by atoms with E-state index in [0.29, 0.717) is 6.04 Å². The molecule has 0 spiro atoms. The van der Waals surface area contributed by atoms with Crippen LogP contribution < -0.4 is 5.32 Å². The number of likely N-dealkylation sites (tertiary alicyclic amines) is 2. The quantitative estimate of drug-likeness (QED) is 0.914. The average Bonchev–Trinajstić information content (AvgIpc) is 2.56. The number of piperidine rings is 2. The van der Waals surface area contributed by atoms with Crippen LogP contribution in [0.2, 0.25) is 0 Å². The first kappa shape index (κ1) is 15.3. The van der Waals surface area contributed by atoms with Gasteiger partial charge in [0.2, 0.25) is 0 Å². The van der Waals surface area contributed by atoms with E-state index in [4.69, 9.17) is 0 Å². The first-order valence-electron chi connectivity index (χ1n) is 8.45. The van der Waals surface area contributed by atoms with E-state index < -0.39 is 0 Å². The molecule has 5 nitrogen and oxygen atoms in total. The van der Waals surface area contributed by atoms with Crippen molar-refractivity contribution >= 4 is 11.7 Å². The molecule has 3 rings (SSSR count). The normalized spacial score (nSPS) is 20.9. The van der Waals surface area contributed by atoms with Gasteiger partial charge in [0.15, 0.2) is 0 Å². The summed E-state index contributed by atoms with van der Waals surface area (Å²) in [6.07, 6.45) is 7.98. The number of nitrogens with zero attached hydrogens (tertiary/aromatic N) is 3. The fraction of sp³-hybridized carbons (Fsp3) is 0.647. The summed E-state index contributed by atoms with van der Waals surface area (Å²) in [6, 6.07) is 4.43. The van der Waals surface area contributed by atoms with Gasteiger partial charge in [-0.15, -0.1) is 0 Å². The fourth-order valence-electron chi connectivity index (χ4n) is 3.54. The van der Waals surface area contributed by atoms with Crippen LogP contribution in [0.4, 0.5) is 10.5 Å². The van der Waals surface area contributed by atoms with Gasteiger partial charge in [-0.3, -0.25) is 4.98 Å². The van der Waals surface area contributed by atoms with Gasteiger partial charge in [0.05, 0.1) is 0 Å². The van der Waals surface area contributed by atoms with Crippen LogP contribution in [0.3, 0.4) is 0 Å². The summed E-state index contributed by atoms with van der Waals surface area (Å²) in [5, 5.41) is 2.98. The molecule has 0 unspecified atom stereocenters. The predicted molar refractivity (Wildman–Crippen MR) is 88.0 cm³/mol. The number of anilines is 1. The molecule has 2 amide bonds. The van der Waals surface area contributed by atoms with Crippen molar-refractivity contribution in [2.45, 2.75) is 45.1 Å². The molecule has 2 aliphatic rings. The van der Waals surface area contributed by atoms with Gasteiger partial charge in [0, 0.05) is 36.7 Å². The lowest BCUT2D eigenvalue weighted by Gasteiger charge is -2.40. The average molecular weight is 302 g/mol. The molecule has 0 aliphatic carbocycles. The minimum Gasteiger partial charge on any atom is -0.324 e. The molecule has 2 fully saturated rings. The first-order valence-corrected chi connectivity index (χ1v) is 8.45. The molecule has 0 radical (unpaired) electrons. The lowest BCUT2D eigenvalue weighted by Crippen LogP contribution is -2.49. The molecule has 0 atom stereocenters. The third-order valence-corrected chi connectivity index (χ3v) is 4.81. The molecule has 0 aromatic carbocycles. The largest absolute Gasteiger partial charge is 0.324 e. The number of pyridine rings is 1. The van der Waals surface area contributed by atoms with Gasteiger partial charge in [0.25, 0.3) is 0 Å². The molecule has 1 aromatic rings. The zero-order chi connectivity index (χ0) is 15.4. The predicted octanol–water partition coefficient (Wildman–Crippen LogP) is 2.87. The summed E-state index contributed by atoms with van der Waals surface area (Å²) in [6.45, 7) is 6.13. The van der Waals surface area contributed by atoms with Gasteiger partial charge in [-0.2, -0.15) is 0 Å². The maximum atomic E-state index is 12.3. The molecule has 2 saturated heterocycles. The zero-order valence-corrected chi connectivity index (χ0v) is 13.4. The van der Waals surface area contributed by atoms with Gasteiger partial charge in [0.1, 0.15) is 0 Å². The number of rotatable bonds is 2. The highest BCUT2D eigenvalue weighted by molar-refractivity contribution is 5.89. The van der Waals surface area contributed by atoms with Gasteiger partial charge < -0.3 is 15.1 Å². The van der Waals surface area contributed by atoms with Crippen molar-refractivity contribution in [3.63, 3.8) is 0 Å². The number of amides is 2. The summed E-state index contributed by atoms with van der Waals surface area (Å²) in [5.41, 5.74) is 1.75. The third-order valence-electron chi connectivity index (χ3n) is 4.81. The van der Waals surface area contributed by atoms with Crippen molar-refractivity contribution in [1.29, 1.82) is 0 Å². The lowest BCUT2D eigenvalue weighted by molar-refractivity contribution is 0.104. The maximum absolute atomic E-state index is 12.3. The van der Waals surface area contributed by atoms with E-state index in [1.165, 1.54) is 32.4 Å². The minimum atomic E-state index is 0.0164. The Balaban J connectivity index is 1.49. The van der Waals surface area contributed by atoms with E-state index in [1.807, 2.05) is 24.0 Å². The Morgan fingerprint density at radius 2 is 1.91 bits per heavy atom. The van der Waals surface area contributed by atoms with Crippen molar-refractivity contribution in [3.05, 3.63) is 24.0 Å². The standard InChI is InChI=1S/C17H26N4O/c1-14-13-15(5-8-18-14)19-17(22)21-11-6-16(7-12-21)20-9-3-2-4-10-20/h5,8,13,16H,2-4,6-7,9-12H2,1H3,(H,18,19,22). The SMILES string of the molecule is Cc1cc(NC(=O)N2CCC(N3CCCCC3)CC2)ccn1. The van der Waals surface area contributed by atoms with Crippen LogP contribution in [-0.2, 0) is 0 Å². The van der Waals surface area contributed by atoms with Crippen LogP contribution in [-0.4, -0.2) is 53.0 Å². The molecule has 1 N–H and O–H groups in total. The Morgan fingerprint density at radius 1 is 1.18 bits per heavy atom. The monoisotopic (exact) mass is 302 g/mol. The molecular weight excluding hydrogens is 276 g/mol. The highest BCUT2D eigenvalue weighted by Gasteiger charge is 2.27. The van der Waals surface area contributed by atoms with E-state index >= 15 is 0 Å². The van der Waals surface area contributed by atoms with Crippen LogP contribution in [0.5, 0.6) is 0 Å². The van der Waals surface area contributed by atoms with Crippen LogP contribution in [0.25, 0.3) is 0 Å². The number of aryl methyl sites for hydroxylation is 1. The highest BCUT2D eigenvalue weighted by Crippen LogP contribution is 2.21. The lowest BCUT2D eigenvalue weighted by atomic mass is 10.0. The Morgan fingerprint density at radius 3 is 2.59 bits per heavy atom. The van der Waals surface area contributed by atoms with Crippen LogP contribution in [0, 0.1) is 6.92 Å². The maximum Gasteiger partial charge on any atom is 0.321 e. The van der Waals surface area contributed by atoms with E-state index in [0.717, 1.165) is 37.3 Å². The second kappa shape index (κ2) is 7.09. The van der Waals surface area contributed by atoms with Gasteiger partial charge in [-0.25, -0.2) is 4.79 Å². The van der Waals surface area contributed by atoms with Crippen LogP contribution in [0.1, 0.15) is 37.8 Å².